The smallest absolute Gasteiger partial charge is 0.223 e. The van der Waals surface area contributed by atoms with Crippen LogP contribution in [0.15, 0.2) is 22.9 Å². The van der Waals surface area contributed by atoms with Crippen molar-refractivity contribution in [3.8, 4) is 5.88 Å². The Bertz CT molecular complexity index is 689. The Morgan fingerprint density at radius 3 is 2.88 bits per heavy atom. The van der Waals surface area contributed by atoms with Crippen LogP contribution in [0.3, 0.4) is 0 Å². The highest BCUT2D eigenvalue weighted by molar-refractivity contribution is 5.76. The number of aryl methyl sites for hydroxylation is 3. The highest BCUT2D eigenvalue weighted by atomic mass is 16.5. The molecule has 0 aliphatic carbocycles. The highest BCUT2D eigenvalue weighted by Crippen LogP contribution is 2.19. The molecule has 0 saturated carbocycles. The van der Waals surface area contributed by atoms with Gasteiger partial charge in [-0.25, -0.2) is 4.98 Å². The first kappa shape index (κ1) is 16.5. The standard InChI is InChI=1S/C18H23N3O3/c1-12-4-6-17(19-10-12)23-15-8-9-21(11-15)18(22)7-5-16-13(2)20-24-14(16)3/h4,6,10,15H,5,7-9,11H2,1-3H3. The Morgan fingerprint density at radius 1 is 1.38 bits per heavy atom. The molecule has 1 aliphatic heterocycles. The third kappa shape index (κ3) is 3.75. The molecule has 1 amide bonds. The Labute approximate surface area is 141 Å². The minimum Gasteiger partial charge on any atom is -0.472 e. The third-order valence-corrected chi connectivity index (χ3v) is 4.44. The molecule has 0 bridgehead atoms. The second-order valence-electron chi connectivity index (χ2n) is 6.34. The van der Waals surface area contributed by atoms with Crippen molar-refractivity contribution in [2.24, 2.45) is 0 Å². The monoisotopic (exact) mass is 329 g/mol. The van der Waals surface area contributed by atoms with E-state index in [4.69, 9.17) is 9.26 Å². The van der Waals surface area contributed by atoms with Crippen LogP contribution in [0, 0.1) is 20.8 Å². The molecule has 24 heavy (non-hydrogen) atoms. The number of carbonyl (C=O) groups is 1. The van der Waals surface area contributed by atoms with Crippen LogP contribution in [0.1, 0.15) is 35.4 Å². The molecule has 2 aromatic rings. The fraction of sp³-hybridized carbons (Fsp3) is 0.500. The van der Waals surface area contributed by atoms with Crippen molar-refractivity contribution >= 4 is 5.91 Å². The average molecular weight is 329 g/mol. The van der Waals surface area contributed by atoms with Gasteiger partial charge in [0, 0.05) is 37.2 Å². The molecule has 6 heteroatoms. The molecular weight excluding hydrogens is 306 g/mol. The molecule has 0 N–H and O–H groups in total. The van der Waals surface area contributed by atoms with E-state index in [2.05, 4.69) is 10.1 Å². The van der Waals surface area contributed by atoms with E-state index in [9.17, 15) is 4.79 Å². The number of nitrogens with zero attached hydrogens (tertiary/aromatic N) is 3. The minimum absolute atomic E-state index is 0.0169. The summed E-state index contributed by atoms with van der Waals surface area (Å²) in [5.41, 5.74) is 3.01. The van der Waals surface area contributed by atoms with E-state index in [0.29, 0.717) is 25.3 Å². The van der Waals surface area contributed by atoms with Gasteiger partial charge >= 0.3 is 0 Å². The predicted molar refractivity (Wildman–Crippen MR) is 88.9 cm³/mol. The number of aromatic nitrogens is 2. The molecule has 3 heterocycles. The van der Waals surface area contributed by atoms with E-state index < -0.39 is 0 Å². The van der Waals surface area contributed by atoms with Crippen molar-refractivity contribution in [1.29, 1.82) is 0 Å². The number of rotatable bonds is 5. The van der Waals surface area contributed by atoms with Crippen LogP contribution in [0.5, 0.6) is 5.88 Å². The van der Waals surface area contributed by atoms with Crippen LogP contribution in [-0.4, -0.2) is 40.1 Å². The van der Waals surface area contributed by atoms with Gasteiger partial charge in [-0.2, -0.15) is 0 Å². The number of amides is 1. The summed E-state index contributed by atoms with van der Waals surface area (Å²) in [4.78, 5) is 18.5. The minimum atomic E-state index is 0.0169. The van der Waals surface area contributed by atoms with Crippen LogP contribution < -0.4 is 4.74 Å². The fourth-order valence-corrected chi connectivity index (χ4v) is 2.99. The zero-order chi connectivity index (χ0) is 17.1. The maximum Gasteiger partial charge on any atom is 0.223 e. The summed E-state index contributed by atoms with van der Waals surface area (Å²) < 4.78 is 11.0. The average Bonchev–Trinajstić information content (AvgIpc) is 3.15. The number of pyridine rings is 1. The van der Waals surface area contributed by atoms with Gasteiger partial charge in [0.1, 0.15) is 11.9 Å². The van der Waals surface area contributed by atoms with Gasteiger partial charge in [0.25, 0.3) is 0 Å². The molecule has 1 unspecified atom stereocenters. The molecule has 0 spiro atoms. The van der Waals surface area contributed by atoms with Gasteiger partial charge in [-0.15, -0.1) is 0 Å². The summed E-state index contributed by atoms with van der Waals surface area (Å²) >= 11 is 0. The number of ether oxygens (including phenoxy) is 1. The highest BCUT2D eigenvalue weighted by Gasteiger charge is 2.28. The van der Waals surface area contributed by atoms with E-state index in [-0.39, 0.29) is 12.0 Å². The molecule has 1 aliphatic rings. The second kappa shape index (κ2) is 7.03. The molecule has 1 saturated heterocycles. The summed E-state index contributed by atoms with van der Waals surface area (Å²) in [6.07, 6.45) is 3.78. The van der Waals surface area contributed by atoms with E-state index in [1.807, 2.05) is 37.8 Å². The zero-order valence-electron chi connectivity index (χ0n) is 14.4. The molecule has 0 radical (unpaired) electrons. The van der Waals surface area contributed by atoms with Gasteiger partial charge in [-0.05, 0) is 32.8 Å². The third-order valence-electron chi connectivity index (χ3n) is 4.44. The zero-order valence-corrected chi connectivity index (χ0v) is 14.4. The van der Waals surface area contributed by atoms with Gasteiger partial charge in [0.05, 0.1) is 12.2 Å². The molecule has 1 fully saturated rings. The summed E-state index contributed by atoms with van der Waals surface area (Å²) in [5.74, 6) is 1.57. The summed E-state index contributed by atoms with van der Waals surface area (Å²) in [5, 5.41) is 3.93. The van der Waals surface area contributed by atoms with Crippen molar-refractivity contribution in [2.75, 3.05) is 13.1 Å². The first-order valence-electron chi connectivity index (χ1n) is 8.32. The molecule has 2 aromatic heterocycles. The molecule has 3 rings (SSSR count). The Kier molecular flexibility index (Phi) is 4.83. The van der Waals surface area contributed by atoms with E-state index in [1.54, 1.807) is 6.20 Å². The first-order chi connectivity index (χ1) is 11.5. The SMILES string of the molecule is Cc1ccc(OC2CCN(C(=O)CCc3c(C)noc3C)C2)nc1. The van der Waals surface area contributed by atoms with Crippen LogP contribution in [0.25, 0.3) is 0 Å². The van der Waals surface area contributed by atoms with Crippen molar-refractivity contribution in [3.05, 3.63) is 40.9 Å². The van der Waals surface area contributed by atoms with E-state index in [1.165, 1.54) is 0 Å². The Balaban J connectivity index is 1.49. The Hall–Kier alpha value is -2.37. The van der Waals surface area contributed by atoms with Crippen LogP contribution in [0.4, 0.5) is 0 Å². The number of hydrogen-bond donors (Lipinski definition) is 0. The van der Waals surface area contributed by atoms with E-state index >= 15 is 0 Å². The normalized spacial score (nSPS) is 17.3. The summed E-state index contributed by atoms with van der Waals surface area (Å²) in [6.45, 7) is 7.14. The van der Waals surface area contributed by atoms with Crippen LogP contribution >= 0.6 is 0 Å². The lowest BCUT2D eigenvalue weighted by Crippen LogP contribution is -2.31. The van der Waals surface area contributed by atoms with Gasteiger partial charge in [-0.3, -0.25) is 4.79 Å². The summed E-state index contributed by atoms with van der Waals surface area (Å²) in [6, 6.07) is 3.85. The van der Waals surface area contributed by atoms with Gasteiger partial charge < -0.3 is 14.2 Å². The van der Waals surface area contributed by atoms with Gasteiger partial charge in [-0.1, -0.05) is 11.2 Å². The topological polar surface area (TPSA) is 68.5 Å². The number of carbonyl (C=O) groups excluding carboxylic acids is 1. The van der Waals surface area contributed by atoms with Crippen molar-refractivity contribution in [3.63, 3.8) is 0 Å². The fourth-order valence-electron chi connectivity index (χ4n) is 2.99. The lowest BCUT2D eigenvalue weighted by atomic mass is 10.1. The maximum absolute atomic E-state index is 12.4. The largest absolute Gasteiger partial charge is 0.472 e. The molecular formula is C18H23N3O3. The van der Waals surface area contributed by atoms with Crippen LogP contribution in [-0.2, 0) is 11.2 Å². The molecule has 6 nitrogen and oxygen atoms in total. The van der Waals surface area contributed by atoms with Gasteiger partial charge in [0.15, 0.2) is 0 Å². The Morgan fingerprint density at radius 2 is 2.21 bits per heavy atom. The van der Waals surface area contributed by atoms with Crippen LogP contribution in [0.2, 0.25) is 0 Å². The number of hydrogen-bond acceptors (Lipinski definition) is 5. The van der Waals surface area contributed by atoms with Crippen molar-refractivity contribution in [1.82, 2.24) is 15.0 Å². The molecule has 0 aromatic carbocycles. The predicted octanol–water partition coefficient (Wildman–Crippen LogP) is 2.61. The quantitative estimate of drug-likeness (QED) is 0.843. The van der Waals surface area contributed by atoms with Crippen molar-refractivity contribution in [2.45, 2.75) is 46.1 Å². The first-order valence-corrected chi connectivity index (χ1v) is 8.32. The van der Waals surface area contributed by atoms with E-state index in [0.717, 1.165) is 35.5 Å². The maximum atomic E-state index is 12.4. The van der Waals surface area contributed by atoms with Gasteiger partial charge in [0.2, 0.25) is 11.8 Å². The lowest BCUT2D eigenvalue weighted by Gasteiger charge is -2.17. The lowest BCUT2D eigenvalue weighted by molar-refractivity contribution is -0.130. The molecule has 128 valence electrons. The summed E-state index contributed by atoms with van der Waals surface area (Å²) in [7, 11) is 0. The van der Waals surface area contributed by atoms with Crippen molar-refractivity contribution < 1.29 is 14.1 Å². The molecule has 1 atom stereocenters. The number of likely N-dealkylation sites (tertiary alicyclic amines) is 1. The second-order valence-corrected chi connectivity index (χ2v) is 6.34.